The van der Waals surface area contributed by atoms with Crippen LogP contribution in [0.2, 0.25) is 0 Å². The van der Waals surface area contributed by atoms with Gasteiger partial charge >= 0.3 is 0 Å². The van der Waals surface area contributed by atoms with Gasteiger partial charge in [0.15, 0.2) is 5.12 Å². The summed E-state index contributed by atoms with van der Waals surface area (Å²) in [6.07, 6.45) is 7.52. The maximum Gasteiger partial charge on any atom is 0.186 e. The van der Waals surface area contributed by atoms with Gasteiger partial charge in [-0.1, -0.05) is 17.8 Å². The van der Waals surface area contributed by atoms with Crippen LogP contribution in [0.1, 0.15) is 12.6 Å². The predicted octanol–water partition coefficient (Wildman–Crippen LogP) is 1.71. The first kappa shape index (κ1) is 10.1. The zero-order chi connectivity index (χ0) is 9.68. The molecular formula is C9H12N2OS. The summed E-state index contributed by atoms with van der Waals surface area (Å²) in [5.74, 6) is 0.714. The number of nitrogens with zero attached hydrogens (tertiary/aromatic N) is 2. The van der Waals surface area contributed by atoms with Gasteiger partial charge in [0.05, 0.1) is 12.0 Å². The van der Waals surface area contributed by atoms with Crippen LogP contribution in [-0.4, -0.2) is 20.4 Å². The Hall–Kier alpha value is -1.03. The third-order valence-electron chi connectivity index (χ3n) is 1.40. The fourth-order valence-corrected chi connectivity index (χ4v) is 1.28. The van der Waals surface area contributed by atoms with Crippen molar-refractivity contribution in [1.29, 1.82) is 0 Å². The Balaban J connectivity index is 2.36. The van der Waals surface area contributed by atoms with Gasteiger partial charge in [-0.15, -0.1) is 0 Å². The Morgan fingerprint density at radius 2 is 2.54 bits per heavy atom. The Morgan fingerprint density at radius 1 is 1.77 bits per heavy atom. The molecule has 0 amide bonds. The summed E-state index contributed by atoms with van der Waals surface area (Å²) < 4.78 is 1.89. The number of rotatable bonds is 3. The first-order valence-electron chi connectivity index (χ1n) is 3.96. The predicted molar refractivity (Wildman–Crippen MR) is 55.4 cm³/mol. The first-order chi connectivity index (χ1) is 6.18. The molecule has 0 N–H and O–H groups in total. The number of aryl methyl sites for hydroxylation is 1. The van der Waals surface area contributed by atoms with Crippen molar-refractivity contribution in [1.82, 2.24) is 9.55 Å². The van der Waals surface area contributed by atoms with Crippen molar-refractivity contribution in [3.63, 3.8) is 0 Å². The molecule has 1 aromatic heterocycles. The summed E-state index contributed by atoms with van der Waals surface area (Å²) in [4.78, 5) is 14.7. The highest BCUT2D eigenvalue weighted by atomic mass is 32.2. The Bertz CT molecular complexity index is 317. The van der Waals surface area contributed by atoms with Gasteiger partial charge in [0.25, 0.3) is 0 Å². The summed E-state index contributed by atoms with van der Waals surface area (Å²) in [5.41, 5.74) is 0.923. The van der Waals surface area contributed by atoms with E-state index >= 15 is 0 Å². The van der Waals surface area contributed by atoms with Crippen molar-refractivity contribution in [2.75, 3.05) is 5.75 Å². The van der Waals surface area contributed by atoms with E-state index in [1.807, 2.05) is 30.0 Å². The molecule has 0 saturated carbocycles. The topological polar surface area (TPSA) is 34.9 Å². The molecule has 0 unspecified atom stereocenters. The molecule has 70 valence electrons. The van der Waals surface area contributed by atoms with Crippen LogP contribution in [-0.2, 0) is 11.8 Å². The fraction of sp³-hybridized carbons (Fsp3) is 0.333. The maximum absolute atomic E-state index is 10.6. The lowest BCUT2D eigenvalue weighted by atomic mass is 10.4. The molecule has 0 aliphatic carbocycles. The Labute approximate surface area is 81.9 Å². The van der Waals surface area contributed by atoms with Crippen LogP contribution in [0.5, 0.6) is 0 Å². The third kappa shape index (κ3) is 3.94. The molecule has 0 atom stereocenters. The lowest BCUT2D eigenvalue weighted by molar-refractivity contribution is -0.109. The number of carbonyl (C=O) groups is 1. The smallest absolute Gasteiger partial charge is 0.186 e. The van der Waals surface area contributed by atoms with Gasteiger partial charge in [-0.2, -0.15) is 0 Å². The van der Waals surface area contributed by atoms with E-state index in [0.717, 1.165) is 5.69 Å². The van der Waals surface area contributed by atoms with Gasteiger partial charge in [0.1, 0.15) is 0 Å². The highest BCUT2D eigenvalue weighted by molar-refractivity contribution is 8.13. The molecule has 1 rings (SSSR count). The van der Waals surface area contributed by atoms with Gasteiger partial charge < -0.3 is 4.57 Å². The van der Waals surface area contributed by atoms with Crippen LogP contribution in [0.3, 0.4) is 0 Å². The highest BCUT2D eigenvalue weighted by Gasteiger charge is 1.91. The van der Waals surface area contributed by atoms with Crippen molar-refractivity contribution in [3.8, 4) is 0 Å². The lowest BCUT2D eigenvalue weighted by Crippen LogP contribution is -1.81. The largest absolute Gasteiger partial charge is 0.340 e. The van der Waals surface area contributed by atoms with Gasteiger partial charge in [0.2, 0.25) is 0 Å². The van der Waals surface area contributed by atoms with Crippen LogP contribution in [0.4, 0.5) is 0 Å². The average Bonchev–Trinajstić information content (AvgIpc) is 2.45. The number of imidazole rings is 1. The zero-order valence-electron chi connectivity index (χ0n) is 7.73. The van der Waals surface area contributed by atoms with Crippen molar-refractivity contribution < 1.29 is 4.79 Å². The second kappa shape index (κ2) is 4.87. The molecule has 0 spiro atoms. The number of carbonyl (C=O) groups excluding carboxylic acids is 1. The molecular weight excluding hydrogens is 184 g/mol. The van der Waals surface area contributed by atoms with Crippen molar-refractivity contribution in [2.45, 2.75) is 6.92 Å². The molecule has 4 heteroatoms. The fourth-order valence-electron chi connectivity index (χ4n) is 0.853. The summed E-state index contributed by atoms with van der Waals surface area (Å²) in [6, 6.07) is 0. The monoisotopic (exact) mass is 196 g/mol. The molecule has 0 saturated heterocycles. The quantitative estimate of drug-likeness (QED) is 0.738. The van der Waals surface area contributed by atoms with E-state index < -0.39 is 0 Å². The minimum absolute atomic E-state index is 0.144. The zero-order valence-corrected chi connectivity index (χ0v) is 8.54. The Morgan fingerprint density at radius 3 is 3.08 bits per heavy atom. The normalized spacial score (nSPS) is 10.9. The molecule has 0 aliphatic rings. The molecule has 0 aliphatic heterocycles. The van der Waals surface area contributed by atoms with Crippen LogP contribution >= 0.6 is 11.8 Å². The van der Waals surface area contributed by atoms with E-state index in [0.29, 0.717) is 5.75 Å². The van der Waals surface area contributed by atoms with Crippen LogP contribution in [0.25, 0.3) is 6.08 Å². The van der Waals surface area contributed by atoms with Crippen molar-refractivity contribution in [2.24, 2.45) is 7.05 Å². The van der Waals surface area contributed by atoms with Gasteiger partial charge in [-0.25, -0.2) is 4.98 Å². The molecule has 0 fully saturated rings. The number of hydrogen-bond donors (Lipinski definition) is 0. The molecule has 1 aromatic rings. The SMILES string of the molecule is CC(=O)SCC=Cc1cn(C)cn1. The minimum atomic E-state index is 0.144. The second-order valence-corrected chi connectivity index (χ2v) is 3.87. The van der Waals surface area contributed by atoms with Gasteiger partial charge in [-0.3, -0.25) is 4.79 Å². The number of aromatic nitrogens is 2. The van der Waals surface area contributed by atoms with E-state index in [-0.39, 0.29) is 5.12 Å². The Kier molecular flexibility index (Phi) is 3.76. The third-order valence-corrected chi connectivity index (χ3v) is 2.16. The summed E-state index contributed by atoms with van der Waals surface area (Å²) >= 11 is 1.30. The van der Waals surface area contributed by atoms with Crippen LogP contribution in [0.15, 0.2) is 18.6 Å². The van der Waals surface area contributed by atoms with E-state index in [1.54, 1.807) is 13.3 Å². The second-order valence-electron chi connectivity index (χ2n) is 2.67. The summed E-state index contributed by atoms with van der Waals surface area (Å²) in [6.45, 7) is 1.57. The minimum Gasteiger partial charge on any atom is -0.340 e. The van der Waals surface area contributed by atoms with Crippen LogP contribution in [0, 0.1) is 0 Å². The number of hydrogen-bond acceptors (Lipinski definition) is 3. The summed E-state index contributed by atoms with van der Waals surface area (Å²) in [5, 5.41) is 0.144. The highest BCUT2D eigenvalue weighted by Crippen LogP contribution is 2.03. The maximum atomic E-state index is 10.6. The lowest BCUT2D eigenvalue weighted by Gasteiger charge is -1.87. The first-order valence-corrected chi connectivity index (χ1v) is 4.95. The van der Waals surface area contributed by atoms with Crippen LogP contribution < -0.4 is 0 Å². The molecule has 3 nitrogen and oxygen atoms in total. The van der Waals surface area contributed by atoms with Crippen molar-refractivity contribution in [3.05, 3.63) is 24.3 Å². The summed E-state index contributed by atoms with van der Waals surface area (Å²) in [7, 11) is 1.93. The molecule has 13 heavy (non-hydrogen) atoms. The number of thioether (sulfide) groups is 1. The molecule has 0 radical (unpaired) electrons. The van der Waals surface area contributed by atoms with Gasteiger partial charge in [-0.05, 0) is 6.08 Å². The molecule has 0 aromatic carbocycles. The van der Waals surface area contributed by atoms with E-state index in [4.69, 9.17) is 0 Å². The van der Waals surface area contributed by atoms with Gasteiger partial charge in [0, 0.05) is 25.9 Å². The van der Waals surface area contributed by atoms with E-state index in [2.05, 4.69) is 4.98 Å². The van der Waals surface area contributed by atoms with E-state index in [1.165, 1.54) is 11.8 Å². The molecule has 0 bridgehead atoms. The van der Waals surface area contributed by atoms with Crippen molar-refractivity contribution >= 4 is 23.0 Å². The van der Waals surface area contributed by atoms with E-state index in [9.17, 15) is 4.79 Å². The standard InChI is InChI=1S/C9H12N2OS/c1-8(12)13-5-3-4-9-6-11(2)7-10-9/h3-4,6-7H,5H2,1-2H3. The molecule has 1 heterocycles. The average molecular weight is 196 g/mol.